The predicted octanol–water partition coefficient (Wildman–Crippen LogP) is 11.6. The highest BCUT2D eigenvalue weighted by molar-refractivity contribution is 6.23. The molecule has 2 heteroatoms. The average Bonchev–Trinajstić information content (AvgIpc) is 3.86. The van der Waals surface area contributed by atoms with Gasteiger partial charge in [0.05, 0.1) is 43.2 Å². The van der Waals surface area contributed by atoms with Gasteiger partial charge >= 0.3 is 0 Å². The van der Waals surface area contributed by atoms with Gasteiger partial charge in [-0.15, -0.1) is 0 Å². The molecule has 2 aromatic heterocycles. The van der Waals surface area contributed by atoms with Crippen molar-refractivity contribution in [1.82, 2.24) is 0 Å². The largest absolute Gasteiger partial charge is 0.463 e. The first-order valence-electron chi connectivity index (χ1n) is 24.3. The van der Waals surface area contributed by atoms with Gasteiger partial charge in [-0.05, 0) is 73.5 Å². The Morgan fingerprint density at radius 3 is 1.62 bits per heavy atom. The Bertz CT molecular complexity index is 3670. The Kier molecular flexibility index (Phi) is 2.08. The molecule has 0 saturated carbocycles. The van der Waals surface area contributed by atoms with Gasteiger partial charge in [0.1, 0.15) is 18.1 Å². The Morgan fingerprint density at radius 2 is 0.976 bits per heavy atom. The number of hydrogen-bond acceptors (Lipinski definition) is 2. The molecule has 0 amide bonds. The zero-order valence-corrected chi connectivity index (χ0v) is 20.8. The van der Waals surface area contributed by atoms with Gasteiger partial charge in [0.2, 0.25) is 0 Å². The standard InChI is InChI=1S/C40H24O2/c1-3-11-25(12-4-1)34-24-41-40-32(34)21-22-35-39(40)33-20-19-27(23-36(33)42-35)38-30-17-9-7-15-28(30)37(26-13-5-2-6-14-26)29-16-8-10-18-31(29)38/h1-24H/i1D,2D,3D,4D,5D,6D,7D,8D,9D,10D,11D,12D,13D,14D,15D,16D,17D,18D,19D,20D,21D,22D,23D,24D. The summed E-state index contributed by atoms with van der Waals surface area (Å²) in [5.74, 6) is 0. The van der Waals surface area contributed by atoms with Crippen LogP contribution in [0.15, 0.2) is 154 Å². The molecule has 0 unspecified atom stereocenters. The maximum absolute atomic E-state index is 9.64. The summed E-state index contributed by atoms with van der Waals surface area (Å²) in [7, 11) is 0. The van der Waals surface area contributed by atoms with Crippen LogP contribution < -0.4 is 0 Å². The van der Waals surface area contributed by atoms with Crippen molar-refractivity contribution in [1.29, 1.82) is 0 Å². The second kappa shape index (κ2) is 8.95. The first-order chi connectivity index (χ1) is 30.8. The second-order valence-corrected chi connectivity index (χ2v) is 9.04. The van der Waals surface area contributed by atoms with Gasteiger partial charge in [-0.3, -0.25) is 0 Å². The quantitative estimate of drug-likeness (QED) is 0.201. The lowest BCUT2D eigenvalue weighted by molar-refractivity contribution is 0.619. The summed E-state index contributed by atoms with van der Waals surface area (Å²) in [5, 5.41) is -3.72. The second-order valence-electron chi connectivity index (χ2n) is 9.04. The molecule has 0 N–H and O–H groups in total. The minimum atomic E-state index is -0.925. The van der Waals surface area contributed by atoms with Crippen LogP contribution in [-0.2, 0) is 0 Å². The highest BCUT2D eigenvalue weighted by Crippen LogP contribution is 2.45. The summed E-state index contributed by atoms with van der Waals surface area (Å²) in [6.07, 6.45) is -0.820. The third-order valence-corrected chi connectivity index (χ3v) is 6.84. The molecule has 2 nitrogen and oxygen atoms in total. The van der Waals surface area contributed by atoms with E-state index in [0.29, 0.717) is 0 Å². The summed E-state index contributed by atoms with van der Waals surface area (Å²) < 4.78 is 223. The molecular weight excluding hydrogens is 512 g/mol. The number of rotatable bonds is 3. The molecule has 2 heterocycles. The summed E-state index contributed by atoms with van der Waals surface area (Å²) in [6, 6.07) is -19.6. The van der Waals surface area contributed by atoms with Crippen LogP contribution in [0.1, 0.15) is 32.9 Å². The van der Waals surface area contributed by atoms with Crippen molar-refractivity contribution in [2.75, 3.05) is 0 Å². The highest BCUT2D eigenvalue weighted by Gasteiger charge is 2.19. The van der Waals surface area contributed by atoms with Crippen molar-refractivity contribution >= 4 is 54.5 Å². The lowest BCUT2D eigenvalue weighted by Crippen LogP contribution is -1.90. The molecule has 0 saturated heterocycles. The molecule has 0 fully saturated rings. The zero-order valence-electron chi connectivity index (χ0n) is 44.8. The molecular formula is C40H24O2. The van der Waals surface area contributed by atoms with Gasteiger partial charge in [-0.2, -0.15) is 0 Å². The van der Waals surface area contributed by atoms with Gasteiger partial charge in [0.25, 0.3) is 0 Å². The summed E-state index contributed by atoms with van der Waals surface area (Å²) in [5.41, 5.74) is -5.28. The molecule has 9 rings (SSSR count). The first-order valence-corrected chi connectivity index (χ1v) is 12.3. The van der Waals surface area contributed by atoms with Crippen LogP contribution in [0.2, 0.25) is 0 Å². The summed E-state index contributed by atoms with van der Waals surface area (Å²) >= 11 is 0. The van der Waals surface area contributed by atoms with Gasteiger partial charge in [0.15, 0.2) is 0 Å². The van der Waals surface area contributed by atoms with Crippen LogP contribution in [0.5, 0.6) is 0 Å². The molecule has 0 aliphatic heterocycles. The average molecular weight is 561 g/mol. The monoisotopic (exact) mass is 560 g/mol. The van der Waals surface area contributed by atoms with Crippen LogP contribution in [0.25, 0.3) is 87.8 Å². The van der Waals surface area contributed by atoms with E-state index in [1.54, 1.807) is 0 Å². The highest BCUT2D eigenvalue weighted by atomic mass is 16.3. The van der Waals surface area contributed by atoms with Crippen molar-refractivity contribution in [3.63, 3.8) is 0 Å². The fraction of sp³-hybridized carbons (Fsp3) is 0. The normalized spacial score (nSPS) is 19.8. The van der Waals surface area contributed by atoms with Crippen molar-refractivity contribution in [2.45, 2.75) is 0 Å². The lowest BCUT2D eigenvalue weighted by Gasteiger charge is -2.17. The van der Waals surface area contributed by atoms with Crippen LogP contribution in [0.3, 0.4) is 0 Å². The van der Waals surface area contributed by atoms with Gasteiger partial charge in [0, 0.05) is 16.3 Å². The molecule has 0 bridgehead atoms. The van der Waals surface area contributed by atoms with Crippen LogP contribution in [-0.4, -0.2) is 0 Å². The van der Waals surface area contributed by atoms with Gasteiger partial charge < -0.3 is 8.83 Å². The molecule has 42 heavy (non-hydrogen) atoms. The van der Waals surface area contributed by atoms with E-state index in [4.69, 9.17) is 32.1 Å². The maximum atomic E-state index is 9.64. The van der Waals surface area contributed by atoms with E-state index in [2.05, 4.69) is 0 Å². The first kappa shape index (κ1) is 9.75. The Hall–Kier alpha value is -5.60. The van der Waals surface area contributed by atoms with Crippen LogP contribution >= 0.6 is 0 Å². The van der Waals surface area contributed by atoms with Crippen molar-refractivity contribution < 1.29 is 41.7 Å². The van der Waals surface area contributed by atoms with E-state index in [1.165, 1.54) is 0 Å². The molecule has 0 aliphatic carbocycles. The maximum Gasteiger partial charge on any atom is 0.146 e. The van der Waals surface area contributed by atoms with E-state index in [1.807, 2.05) is 0 Å². The van der Waals surface area contributed by atoms with Gasteiger partial charge in [-0.25, -0.2) is 0 Å². The van der Waals surface area contributed by atoms with Crippen LogP contribution in [0.4, 0.5) is 0 Å². The third-order valence-electron chi connectivity index (χ3n) is 6.84. The third kappa shape index (κ3) is 3.33. The van der Waals surface area contributed by atoms with Gasteiger partial charge in [-0.1, -0.05) is 115 Å². The van der Waals surface area contributed by atoms with Crippen molar-refractivity contribution in [2.24, 2.45) is 0 Å². The van der Waals surface area contributed by atoms with E-state index in [0.717, 1.165) is 0 Å². The van der Waals surface area contributed by atoms with Crippen molar-refractivity contribution in [3.05, 3.63) is 145 Å². The molecule has 7 aromatic carbocycles. The molecule has 0 spiro atoms. The SMILES string of the molecule is [2H]c1oc2c(c([2H])c([2H])c3oc4c([2H])c(-c5c6c([2H])c([2H])c([2H])c([2H])c6c(-c6c([2H])c([2H])c([2H])c([2H])c6[2H])c6c([2H])c([2H])c([2H])c([2H])c56)c([2H])c([2H])c4c32)c1-c1c([2H])c([2H])c([2H])c([2H])c1[2H]. The summed E-state index contributed by atoms with van der Waals surface area (Å²) in [6.45, 7) is 0. The molecule has 9 aromatic rings. The fourth-order valence-corrected chi connectivity index (χ4v) is 5.12. The minimum Gasteiger partial charge on any atom is -0.463 e. The molecule has 0 atom stereocenters. The summed E-state index contributed by atoms with van der Waals surface area (Å²) in [4.78, 5) is 0. The minimum absolute atomic E-state index is 0.346. The Morgan fingerprint density at radius 1 is 0.429 bits per heavy atom. The number of fused-ring (bicyclic) bond motifs is 7. The van der Waals surface area contributed by atoms with E-state index in [9.17, 15) is 9.60 Å². The van der Waals surface area contributed by atoms with Crippen LogP contribution in [0, 0.1) is 0 Å². The van der Waals surface area contributed by atoms with E-state index in [-0.39, 0.29) is 5.39 Å². The van der Waals surface area contributed by atoms with Crippen molar-refractivity contribution in [3.8, 4) is 33.4 Å². The zero-order chi connectivity index (χ0) is 48.5. The molecule has 196 valence electrons. The predicted molar refractivity (Wildman–Crippen MR) is 175 cm³/mol. The smallest absolute Gasteiger partial charge is 0.146 e. The van der Waals surface area contributed by atoms with E-state index < -0.39 is 228 Å². The number of benzene rings is 7. The topological polar surface area (TPSA) is 26.3 Å². The Balaban J connectivity index is 1.53. The molecule has 0 aliphatic rings. The lowest BCUT2D eigenvalue weighted by atomic mass is 9.86. The Labute approximate surface area is 275 Å². The van der Waals surface area contributed by atoms with E-state index >= 15 is 0 Å². The molecule has 0 radical (unpaired) electrons. The fourth-order valence-electron chi connectivity index (χ4n) is 5.12. The number of furan rings is 2. The number of hydrogen-bond donors (Lipinski definition) is 0.